The van der Waals surface area contributed by atoms with E-state index in [0.29, 0.717) is 18.3 Å². The van der Waals surface area contributed by atoms with Crippen molar-refractivity contribution in [3.8, 4) is 17.0 Å². The SMILES string of the molecule is COc1ccc(-c2cc3n(n2)C(NC2CCN(Cc4ccccc4)CC2)CNC3=O)cc1. The van der Waals surface area contributed by atoms with E-state index in [1.54, 1.807) is 7.11 Å². The molecule has 1 atom stereocenters. The van der Waals surface area contributed by atoms with Gasteiger partial charge in [-0.15, -0.1) is 0 Å². The number of rotatable bonds is 6. The molecular formula is C25H29N5O2. The van der Waals surface area contributed by atoms with Crippen LogP contribution in [0.15, 0.2) is 60.7 Å². The predicted octanol–water partition coefficient (Wildman–Crippen LogP) is 3.05. The summed E-state index contributed by atoms with van der Waals surface area (Å²) in [6.07, 6.45) is 2.12. The van der Waals surface area contributed by atoms with Crippen LogP contribution in [0.1, 0.15) is 35.1 Å². The number of likely N-dealkylation sites (tertiary alicyclic amines) is 1. The van der Waals surface area contributed by atoms with Crippen molar-refractivity contribution < 1.29 is 9.53 Å². The Morgan fingerprint density at radius 3 is 2.56 bits per heavy atom. The summed E-state index contributed by atoms with van der Waals surface area (Å²) >= 11 is 0. The molecule has 0 bridgehead atoms. The van der Waals surface area contributed by atoms with Gasteiger partial charge in [0.25, 0.3) is 5.91 Å². The second kappa shape index (κ2) is 9.14. The van der Waals surface area contributed by atoms with Crippen molar-refractivity contribution in [3.05, 3.63) is 71.9 Å². The third-order valence-electron chi connectivity index (χ3n) is 6.37. The van der Waals surface area contributed by atoms with Crippen molar-refractivity contribution in [1.82, 2.24) is 25.3 Å². The zero-order valence-electron chi connectivity index (χ0n) is 18.3. The van der Waals surface area contributed by atoms with E-state index in [1.807, 2.05) is 35.0 Å². The van der Waals surface area contributed by atoms with Crippen LogP contribution in [0.2, 0.25) is 0 Å². The van der Waals surface area contributed by atoms with Crippen LogP contribution in [0.5, 0.6) is 5.75 Å². The lowest BCUT2D eigenvalue weighted by molar-refractivity contribution is 0.0887. The highest BCUT2D eigenvalue weighted by molar-refractivity contribution is 5.94. The van der Waals surface area contributed by atoms with Gasteiger partial charge in [0.05, 0.1) is 19.3 Å². The van der Waals surface area contributed by atoms with Gasteiger partial charge >= 0.3 is 0 Å². The smallest absolute Gasteiger partial charge is 0.269 e. The molecule has 0 aliphatic carbocycles. The summed E-state index contributed by atoms with van der Waals surface area (Å²) < 4.78 is 7.10. The van der Waals surface area contributed by atoms with Crippen LogP contribution in [0, 0.1) is 0 Å². The van der Waals surface area contributed by atoms with E-state index in [1.165, 1.54) is 5.56 Å². The van der Waals surface area contributed by atoms with Crippen molar-refractivity contribution >= 4 is 5.91 Å². The lowest BCUT2D eigenvalue weighted by Gasteiger charge is -2.36. The molecule has 3 heterocycles. The summed E-state index contributed by atoms with van der Waals surface area (Å²) in [4.78, 5) is 15.0. The van der Waals surface area contributed by atoms with Gasteiger partial charge in [0.1, 0.15) is 17.6 Å². The van der Waals surface area contributed by atoms with Crippen LogP contribution in [0.4, 0.5) is 0 Å². The van der Waals surface area contributed by atoms with Crippen molar-refractivity contribution in [2.24, 2.45) is 0 Å². The molecule has 32 heavy (non-hydrogen) atoms. The number of carbonyl (C=O) groups is 1. The topological polar surface area (TPSA) is 71.4 Å². The summed E-state index contributed by atoms with van der Waals surface area (Å²) in [5.41, 5.74) is 3.72. The normalized spacial score (nSPS) is 19.4. The van der Waals surface area contributed by atoms with Crippen LogP contribution in [-0.2, 0) is 6.54 Å². The van der Waals surface area contributed by atoms with Crippen molar-refractivity contribution in [1.29, 1.82) is 0 Å². The predicted molar refractivity (Wildman–Crippen MR) is 123 cm³/mol. The fourth-order valence-corrected chi connectivity index (χ4v) is 4.57. The highest BCUT2D eigenvalue weighted by atomic mass is 16.5. The summed E-state index contributed by atoms with van der Waals surface area (Å²) in [5.74, 6) is 0.724. The van der Waals surface area contributed by atoms with Gasteiger partial charge in [0, 0.05) is 18.2 Å². The molecular weight excluding hydrogens is 402 g/mol. The molecule has 7 nitrogen and oxygen atoms in total. The van der Waals surface area contributed by atoms with E-state index in [0.717, 1.165) is 49.5 Å². The highest BCUT2D eigenvalue weighted by Crippen LogP contribution is 2.25. The number of nitrogens with one attached hydrogen (secondary N) is 2. The van der Waals surface area contributed by atoms with Crippen molar-refractivity contribution in [2.75, 3.05) is 26.7 Å². The Kier molecular flexibility index (Phi) is 5.92. The maximum absolute atomic E-state index is 12.5. The lowest BCUT2D eigenvalue weighted by atomic mass is 10.0. The van der Waals surface area contributed by atoms with Gasteiger partial charge in [-0.3, -0.25) is 15.0 Å². The number of methoxy groups -OCH3 is 1. The molecule has 7 heteroatoms. The Labute approximate surface area is 188 Å². The number of amides is 1. The quantitative estimate of drug-likeness (QED) is 0.628. The Hall–Kier alpha value is -3.16. The van der Waals surface area contributed by atoms with Gasteiger partial charge in [0.15, 0.2) is 0 Å². The Morgan fingerprint density at radius 1 is 1.09 bits per heavy atom. The molecule has 0 spiro atoms. The molecule has 3 aromatic rings. The summed E-state index contributed by atoms with van der Waals surface area (Å²) in [5, 5.41) is 11.5. The number of aromatic nitrogens is 2. The number of benzene rings is 2. The van der Waals surface area contributed by atoms with E-state index in [-0.39, 0.29) is 12.1 Å². The first kappa shape index (κ1) is 20.7. The molecule has 2 aromatic carbocycles. The van der Waals surface area contributed by atoms with E-state index >= 15 is 0 Å². The van der Waals surface area contributed by atoms with Crippen LogP contribution >= 0.6 is 0 Å². The van der Waals surface area contributed by atoms with Gasteiger partial charge in [-0.25, -0.2) is 4.68 Å². The molecule has 0 saturated carbocycles. The first-order chi connectivity index (χ1) is 15.7. The Bertz CT molecular complexity index is 1060. The standard InChI is InChI=1S/C25H29N5O2/c1-32-21-9-7-19(8-10-21)22-15-23-25(31)26-16-24(30(23)28-22)27-20-11-13-29(14-12-20)17-18-5-3-2-4-6-18/h2-10,15,20,24,27H,11-14,16-17H2,1H3,(H,26,31). The second-order valence-electron chi connectivity index (χ2n) is 8.52. The minimum absolute atomic E-state index is 0.0413. The van der Waals surface area contributed by atoms with Crippen molar-refractivity contribution in [2.45, 2.75) is 31.6 Å². The summed E-state index contributed by atoms with van der Waals surface area (Å²) in [6, 6.07) is 20.7. The number of nitrogens with zero attached hydrogens (tertiary/aromatic N) is 3. The van der Waals surface area contributed by atoms with Crippen LogP contribution in [0.25, 0.3) is 11.3 Å². The maximum Gasteiger partial charge on any atom is 0.269 e. The number of fused-ring (bicyclic) bond motifs is 1. The van der Waals surface area contributed by atoms with E-state index in [2.05, 4.69) is 45.9 Å². The van der Waals surface area contributed by atoms with Crippen LogP contribution in [-0.4, -0.2) is 53.4 Å². The molecule has 1 unspecified atom stereocenters. The fourth-order valence-electron chi connectivity index (χ4n) is 4.57. The van der Waals surface area contributed by atoms with E-state index < -0.39 is 0 Å². The lowest BCUT2D eigenvalue weighted by Crippen LogP contribution is -2.50. The average Bonchev–Trinajstić information content (AvgIpc) is 3.30. The number of hydrogen-bond donors (Lipinski definition) is 2. The second-order valence-corrected chi connectivity index (χ2v) is 8.52. The first-order valence-electron chi connectivity index (χ1n) is 11.2. The Balaban J connectivity index is 1.24. The Morgan fingerprint density at radius 2 is 1.84 bits per heavy atom. The molecule has 1 amide bonds. The van der Waals surface area contributed by atoms with Crippen molar-refractivity contribution in [3.63, 3.8) is 0 Å². The minimum atomic E-state index is -0.0759. The van der Waals surface area contributed by atoms with Gasteiger partial charge in [0.2, 0.25) is 0 Å². The summed E-state index contributed by atoms with van der Waals surface area (Å²) in [7, 11) is 1.65. The summed E-state index contributed by atoms with van der Waals surface area (Å²) in [6.45, 7) is 3.67. The average molecular weight is 432 g/mol. The number of carbonyl (C=O) groups excluding carboxylic acids is 1. The largest absolute Gasteiger partial charge is 0.497 e. The zero-order valence-corrected chi connectivity index (χ0v) is 18.3. The molecule has 1 fully saturated rings. The number of hydrogen-bond acceptors (Lipinski definition) is 5. The molecule has 166 valence electrons. The molecule has 1 aromatic heterocycles. The van der Waals surface area contributed by atoms with Gasteiger partial charge in [-0.2, -0.15) is 5.10 Å². The molecule has 1 saturated heterocycles. The maximum atomic E-state index is 12.5. The first-order valence-corrected chi connectivity index (χ1v) is 11.2. The van der Waals surface area contributed by atoms with Crippen LogP contribution < -0.4 is 15.4 Å². The molecule has 2 N–H and O–H groups in total. The number of piperidine rings is 1. The monoisotopic (exact) mass is 431 g/mol. The van der Waals surface area contributed by atoms with Gasteiger partial charge in [-0.05, 0) is 61.8 Å². The van der Waals surface area contributed by atoms with E-state index in [4.69, 9.17) is 9.84 Å². The minimum Gasteiger partial charge on any atom is -0.497 e. The van der Waals surface area contributed by atoms with Crippen LogP contribution in [0.3, 0.4) is 0 Å². The third kappa shape index (κ3) is 4.40. The van der Waals surface area contributed by atoms with E-state index in [9.17, 15) is 4.79 Å². The fraction of sp³-hybridized carbons (Fsp3) is 0.360. The van der Waals surface area contributed by atoms with Gasteiger partial charge in [-0.1, -0.05) is 30.3 Å². The molecule has 0 radical (unpaired) electrons. The molecule has 2 aliphatic heterocycles. The molecule has 2 aliphatic rings. The molecule has 5 rings (SSSR count). The zero-order chi connectivity index (χ0) is 21.9. The third-order valence-corrected chi connectivity index (χ3v) is 6.37. The highest BCUT2D eigenvalue weighted by Gasteiger charge is 2.30. The number of ether oxygens (including phenoxy) is 1. The van der Waals surface area contributed by atoms with Gasteiger partial charge < -0.3 is 10.1 Å².